The lowest BCUT2D eigenvalue weighted by atomic mass is 10.1. The molecule has 164 valence electrons. The first-order valence-corrected chi connectivity index (χ1v) is 10.2. The van der Waals surface area contributed by atoms with E-state index in [0.29, 0.717) is 47.8 Å². The van der Waals surface area contributed by atoms with Gasteiger partial charge in [0.15, 0.2) is 11.5 Å². The quantitative estimate of drug-likeness (QED) is 0.550. The number of amides is 1. The van der Waals surface area contributed by atoms with Gasteiger partial charge in [0.1, 0.15) is 11.5 Å². The number of phenols is 2. The van der Waals surface area contributed by atoms with Crippen LogP contribution in [0, 0.1) is 0 Å². The number of phenolic OH excluding ortho intramolecular Hbond substituents is 2. The lowest BCUT2D eigenvalue weighted by molar-refractivity contribution is 0.0780. The van der Waals surface area contributed by atoms with E-state index in [0.717, 1.165) is 11.1 Å². The van der Waals surface area contributed by atoms with Gasteiger partial charge in [0, 0.05) is 42.1 Å². The van der Waals surface area contributed by atoms with E-state index in [9.17, 15) is 15.0 Å². The fourth-order valence-corrected chi connectivity index (χ4v) is 3.76. The summed E-state index contributed by atoms with van der Waals surface area (Å²) in [5, 5.41) is 19.4. The van der Waals surface area contributed by atoms with E-state index in [4.69, 9.17) is 9.47 Å². The molecule has 3 aromatic carbocycles. The van der Waals surface area contributed by atoms with Crippen LogP contribution in [0.1, 0.15) is 27.0 Å². The van der Waals surface area contributed by atoms with Crippen molar-refractivity contribution in [3.63, 3.8) is 0 Å². The van der Waals surface area contributed by atoms with Gasteiger partial charge in [0.2, 0.25) is 0 Å². The smallest absolute Gasteiger partial charge is 0.254 e. The maximum Gasteiger partial charge on any atom is 0.254 e. The third-order valence-electron chi connectivity index (χ3n) is 5.49. The molecule has 32 heavy (non-hydrogen) atoms. The molecule has 0 aliphatic carbocycles. The summed E-state index contributed by atoms with van der Waals surface area (Å²) >= 11 is 0. The maximum absolute atomic E-state index is 12.9. The predicted octanol–water partition coefficient (Wildman–Crippen LogP) is 4.06. The monoisotopic (exact) mass is 432 g/mol. The molecular weight excluding hydrogens is 408 g/mol. The number of methoxy groups -OCH3 is 2. The second kappa shape index (κ2) is 9.01. The highest BCUT2D eigenvalue weighted by molar-refractivity contribution is 6.00. The molecule has 0 atom stereocenters. The number of ether oxygens (including phenoxy) is 2. The first-order valence-electron chi connectivity index (χ1n) is 10.2. The molecule has 0 saturated carbocycles. The van der Waals surface area contributed by atoms with Gasteiger partial charge >= 0.3 is 0 Å². The van der Waals surface area contributed by atoms with E-state index < -0.39 is 0 Å². The average molecular weight is 432 g/mol. The standard InChI is InChI=1S/C25H24N2O5/c1-31-23-9-6-16(12-24(23)32-2)10-11-27-15-20-19(25(27)30)4-3-5-21(20)26-14-17-7-8-18(28)13-22(17)29/h3-9,12-14,28-29H,10-11,15H2,1-2H3/b26-14+. The van der Waals surface area contributed by atoms with Gasteiger partial charge in [-0.3, -0.25) is 9.79 Å². The molecule has 1 heterocycles. The minimum absolute atomic E-state index is 0.0176. The molecule has 0 aromatic heterocycles. The number of nitrogens with zero attached hydrogens (tertiary/aromatic N) is 2. The normalized spacial score (nSPS) is 12.9. The second-order valence-corrected chi connectivity index (χ2v) is 7.47. The zero-order chi connectivity index (χ0) is 22.7. The predicted molar refractivity (Wildman–Crippen MR) is 121 cm³/mol. The van der Waals surface area contributed by atoms with E-state index in [2.05, 4.69) is 4.99 Å². The second-order valence-electron chi connectivity index (χ2n) is 7.47. The van der Waals surface area contributed by atoms with Crippen LogP contribution in [-0.2, 0) is 13.0 Å². The average Bonchev–Trinajstić information content (AvgIpc) is 3.13. The first kappa shape index (κ1) is 21.2. The van der Waals surface area contributed by atoms with Crippen molar-refractivity contribution < 1.29 is 24.5 Å². The van der Waals surface area contributed by atoms with Crippen LogP contribution in [-0.4, -0.2) is 48.0 Å². The van der Waals surface area contributed by atoms with Crippen molar-refractivity contribution in [3.05, 3.63) is 76.9 Å². The van der Waals surface area contributed by atoms with Crippen molar-refractivity contribution in [2.24, 2.45) is 4.99 Å². The number of carbonyl (C=O) groups is 1. The van der Waals surface area contributed by atoms with Crippen molar-refractivity contribution >= 4 is 17.8 Å². The van der Waals surface area contributed by atoms with Crippen LogP contribution in [0.5, 0.6) is 23.0 Å². The van der Waals surface area contributed by atoms with E-state index in [1.807, 2.05) is 30.3 Å². The number of hydrogen-bond donors (Lipinski definition) is 2. The number of aliphatic imine (C=N–C) groups is 1. The highest BCUT2D eigenvalue weighted by Gasteiger charge is 2.28. The van der Waals surface area contributed by atoms with Crippen molar-refractivity contribution in [1.29, 1.82) is 0 Å². The summed E-state index contributed by atoms with van der Waals surface area (Å²) in [5.74, 6) is 1.23. The molecule has 0 radical (unpaired) electrons. The van der Waals surface area contributed by atoms with Crippen LogP contribution in [0.25, 0.3) is 0 Å². The summed E-state index contributed by atoms with van der Waals surface area (Å²) in [6.45, 7) is 1.03. The summed E-state index contributed by atoms with van der Waals surface area (Å²) in [6.07, 6.45) is 2.21. The molecule has 0 bridgehead atoms. The molecule has 1 aliphatic rings. The van der Waals surface area contributed by atoms with Crippen LogP contribution in [0.3, 0.4) is 0 Å². The summed E-state index contributed by atoms with van der Waals surface area (Å²) in [5.41, 5.74) is 3.71. The molecule has 7 heteroatoms. The topological polar surface area (TPSA) is 91.6 Å². The fraction of sp³-hybridized carbons (Fsp3) is 0.200. The zero-order valence-corrected chi connectivity index (χ0v) is 17.9. The third-order valence-corrected chi connectivity index (χ3v) is 5.49. The van der Waals surface area contributed by atoms with Crippen molar-refractivity contribution in [2.45, 2.75) is 13.0 Å². The Morgan fingerprint density at radius 2 is 1.84 bits per heavy atom. The van der Waals surface area contributed by atoms with Crippen molar-refractivity contribution in [2.75, 3.05) is 20.8 Å². The van der Waals surface area contributed by atoms with Crippen LogP contribution < -0.4 is 9.47 Å². The van der Waals surface area contributed by atoms with Gasteiger partial charge in [0.05, 0.1) is 19.9 Å². The van der Waals surface area contributed by atoms with Gasteiger partial charge in [-0.2, -0.15) is 0 Å². The summed E-state index contributed by atoms with van der Waals surface area (Å²) in [6, 6.07) is 15.5. The van der Waals surface area contributed by atoms with Crippen molar-refractivity contribution in [3.8, 4) is 23.0 Å². The van der Waals surface area contributed by atoms with Gasteiger partial charge in [-0.1, -0.05) is 12.1 Å². The van der Waals surface area contributed by atoms with Gasteiger partial charge in [0.25, 0.3) is 5.91 Å². The van der Waals surface area contributed by atoms with Crippen LogP contribution in [0.4, 0.5) is 5.69 Å². The largest absolute Gasteiger partial charge is 0.508 e. The number of hydrogen-bond acceptors (Lipinski definition) is 6. The van der Waals surface area contributed by atoms with Crippen LogP contribution in [0.2, 0.25) is 0 Å². The Morgan fingerprint density at radius 3 is 2.59 bits per heavy atom. The molecular formula is C25H24N2O5. The molecule has 1 amide bonds. The summed E-state index contributed by atoms with van der Waals surface area (Å²) in [4.78, 5) is 19.2. The Balaban J connectivity index is 1.50. The Kier molecular flexibility index (Phi) is 5.98. The number of rotatable bonds is 7. The maximum atomic E-state index is 12.9. The third kappa shape index (κ3) is 4.23. The van der Waals surface area contributed by atoms with Gasteiger partial charge in [-0.15, -0.1) is 0 Å². The van der Waals surface area contributed by atoms with E-state index in [-0.39, 0.29) is 17.4 Å². The van der Waals surface area contributed by atoms with E-state index in [1.54, 1.807) is 31.3 Å². The Morgan fingerprint density at radius 1 is 1.03 bits per heavy atom. The number of carbonyl (C=O) groups excluding carboxylic acids is 1. The summed E-state index contributed by atoms with van der Waals surface area (Å²) < 4.78 is 10.6. The highest BCUT2D eigenvalue weighted by atomic mass is 16.5. The fourth-order valence-electron chi connectivity index (χ4n) is 3.76. The Bertz CT molecular complexity index is 1190. The first-order chi connectivity index (χ1) is 15.5. The SMILES string of the molecule is COc1ccc(CCN2Cc3c(/N=C/c4ccc(O)cc4O)cccc3C2=O)cc1OC. The molecule has 0 saturated heterocycles. The molecule has 0 fully saturated rings. The van der Waals surface area contributed by atoms with Crippen LogP contribution >= 0.6 is 0 Å². The lowest BCUT2D eigenvalue weighted by Gasteiger charge is -2.16. The Labute approximate surface area is 186 Å². The molecule has 0 unspecified atom stereocenters. The molecule has 3 aromatic rings. The van der Waals surface area contributed by atoms with Crippen molar-refractivity contribution in [1.82, 2.24) is 4.90 Å². The van der Waals surface area contributed by atoms with E-state index >= 15 is 0 Å². The minimum Gasteiger partial charge on any atom is -0.508 e. The summed E-state index contributed by atoms with van der Waals surface area (Å²) in [7, 11) is 3.20. The lowest BCUT2D eigenvalue weighted by Crippen LogP contribution is -2.26. The highest BCUT2D eigenvalue weighted by Crippen LogP contribution is 2.32. The molecule has 7 nitrogen and oxygen atoms in total. The van der Waals surface area contributed by atoms with Gasteiger partial charge in [-0.05, 0) is 48.4 Å². The molecule has 0 spiro atoms. The zero-order valence-electron chi connectivity index (χ0n) is 17.9. The van der Waals surface area contributed by atoms with Gasteiger partial charge < -0.3 is 24.6 Å². The molecule has 4 rings (SSSR count). The minimum atomic E-state index is -0.0612. The van der Waals surface area contributed by atoms with Gasteiger partial charge in [-0.25, -0.2) is 0 Å². The Hall–Kier alpha value is -4.00. The molecule has 2 N–H and O–H groups in total. The molecule has 1 aliphatic heterocycles. The number of benzene rings is 3. The van der Waals surface area contributed by atoms with E-state index in [1.165, 1.54) is 18.3 Å². The number of fused-ring (bicyclic) bond motifs is 1. The van der Waals surface area contributed by atoms with Crippen LogP contribution in [0.15, 0.2) is 59.6 Å². The number of aromatic hydroxyl groups is 2.